The van der Waals surface area contributed by atoms with Crippen LogP contribution < -0.4 is 5.32 Å². The number of nitrogens with one attached hydrogen (secondary N) is 1. The highest BCUT2D eigenvalue weighted by Gasteiger charge is 2.05. The number of aryl methyl sites for hydroxylation is 1. The van der Waals surface area contributed by atoms with E-state index in [1.165, 1.54) is 6.07 Å². The molecule has 0 aliphatic carbocycles. The lowest BCUT2D eigenvalue weighted by Gasteiger charge is -2.09. The Balaban J connectivity index is 0.000000431. The fraction of sp³-hybridized carbons (Fsp3) is 0.391. The number of aliphatic imine (C=N–C) groups is 1. The number of carbonyl (C=O) groups is 1. The number of dihydropyridines is 1. The molecule has 1 aliphatic rings. The summed E-state index contributed by atoms with van der Waals surface area (Å²) in [5, 5.41) is 2.89. The van der Waals surface area contributed by atoms with Crippen LogP contribution in [0.3, 0.4) is 0 Å². The van der Waals surface area contributed by atoms with Gasteiger partial charge in [-0.15, -0.1) is 11.6 Å². The van der Waals surface area contributed by atoms with E-state index in [-0.39, 0.29) is 17.2 Å². The van der Waals surface area contributed by atoms with Gasteiger partial charge in [-0.05, 0) is 51.3 Å². The van der Waals surface area contributed by atoms with E-state index in [0.29, 0.717) is 11.1 Å². The van der Waals surface area contributed by atoms with Crippen LogP contribution in [-0.4, -0.2) is 31.0 Å². The van der Waals surface area contributed by atoms with Gasteiger partial charge >= 0.3 is 0 Å². The van der Waals surface area contributed by atoms with E-state index >= 15 is 0 Å². The second-order valence-electron chi connectivity index (χ2n) is 6.16. The highest BCUT2D eigenvalue weighted by molar-refractivity contribution is 6.21. The van der Waals surface area contributed by atoms with Gasteiger partial charge in [-0.2, -0.15) is 0 Å². The molecule has 0 fully saturated rings. The second kappa shape index (κ2) is 15.8. The summed E-state index contributed by atoms with van der Waals surface area (Å²) in [5.41, 5.74) is 2.14. The molecule has 154 valence electrons. The van der Waals surface area contributed by atoms with Crippen molar-refractivity contribution in [2.45, 2.75) is 52.0 Å². The molecule has 2 rings (SSSR count). The number of nitrogens with zero attached hydrogens (tertiary/aromatic N) is 1. The third-order valence-electron chi connectivity index (χ3n) is 3.68. The molecule has 2 unspecified atom stereocenters. The minimum atomic E-state index is -0.160. The summed E-state index contributed by atoms with van der Waals surface area (Å²) in [5.74, 6) is -0.160. The third kappa shape index (κ3) is 12.2. The van der Waals surface area contributed by atoms with Gasteiger partial charge in [0.15, 0.2) is 6.29 Å². The topological polar surface area (TPSA) is 41.5 Å². The summed E-state index contributed by atoms with van der Waals surface area (Å²) in [6, 6.07) is 5.22. The summed E-state index contributed by atoms with van der Waals surface area (Å²) >= 11 is 5.74. The molecule has 1 aromatic carbocycles. The average molecular weight is 407 g/mol. The van der Waals surface area contributed by atoms with Crippen LogP contribution in [0.5, 0.6) is 0 Å². The monoisotopic (exact) mass is 406 g/mol. The summed E-state index contributed by atoms with van der Waals surface area (Å²) in [6.07, 6.45) is 14.3. The smallest absolute Gasteiger partial charge is 0.151 e. The highest BCUT2D eigenvalue weighted by atomic mass is 35.5. The van der Waals surface area contributed by atoms with Gasteiger partial charge in [0, 0.05) is 29.9 Å². The standard InChI is InChI=1S/C10H12ClNO.C8H10FN.C5H10/c1-8(11)2-4-10-5-3-9(7-13)6-12-10;1-6-3-4-7(10-2)5-8(6)9;1-3-5-4-2/h2-4,6-8,10H,5H2,1H3;3-5,10H,1-2H3;3,5H,4H2,1-2H3/b4-2+;;5-3-. The van der Waals surface area contributed by atoms with E-state index in [2.05, 4.69) is 29.4 Å². The van der Waals surface area contributed by atoms with Crippen molar-refractivity contribution in [3.63, 3.8) is 0 Å². The van der Waals surface area contributed by atoms with Gasteiger partial charge < -0.3 is 5.32 Å². The Hall–Kier alpha value is -2.20. The molecule has 1 N–H and O–H groups in total. The van der Waals surface area contributed by atoms with Crippen molar-refractivity contribution in [2.24, 2.45) is 4.99 Å². The number of allylic oxidation sites excluding steroid dienone is 4. The van der Waals surface area contributed by atoms with Crippen LogP contribution >= 0.6 is 11.6 Å². The zero-order valence-electron chi connectivity index (χ0n) is 17.5. The molecule has 0 amide bonds. The van der Waals surface area contributed by atoms with Crippen LogP contribution in [0.1, 0.15) is 39.2 Å². The summed E-state index contributed by atoms with van der Waals surface area (Å²) in [6.45, 7) is 7.80. The summed E-state index contributed by atoms with van der Waals surface area (Å²) < 4.78 is 12.7. The largest absolute Gasteiger partial charge is 0.388 e. The Morgan fingerprint density at radius 1 is 1.43 bits per heavy atom. The lowest BCUT2D eigenvalue weighted by molar-refractivity contribution is -0.104. The molecule has 0 saturated heterocycles. The molecule has 0 radical (unpaired) electrons. The lowest BCUT2D eigenvalue weighted by Crippen LogP contribution is -2.06. The van der Waals surface area contributed by atoms with Crippen LogP contribution in [0.15, 0.2) is 59.1 Å². The summed E-state index contributed by atoms with van der Waals surface area (Å²) in [7, 11) is 1.77. The maximum atomic E-state index is 12.7. The second-order valence-corrected chi connectivity index (χ2v) is 6.85. The van der Waals surface area contributed by atoms with Gasteiger partial charge in [0.05, 0.1) is 6.04 Å². The minimum Gasteiger partial charge on any atom is -0.388 e. The molecule has 0 aromatic heterocycles. The number of aldehydes is 1. The van der Waals surface area contributed by atoms with Gasteiger partial charge in [-0.1, -0.05) is 43.4 Å². The number of rotatable bonds is 5. The van der Waals surface area contributed by atoms with Crippen LogP contribution in [0, 0.1) is 12.7 Å². The van der Waals surface area contributed by atoms with Crippen molar-refractivity contribution < 1.29 is 9.18 Å². The Morgan fingerprint density at radius 2 is 2.14 bits per heavy atom. The fourth-order valence-corrected chi connectivity index (χ4v) is 2.11. The molecule has 1 aromatic rings. The number of halogens is 2. The van der Waals surface area contributed by atoms with Crippen molar-refractivity contribution >= 4 is 29.8 Å². The Kier molecular flexibility index (Phi) is 14.6. The van der Waals surface area contributed by atoms with Gasteiger partial charge in [-0.3, -0.25) is 9.79 Å². The fourth-order valence-electron chi connectivity index (χ4n) is 2.02. The molecule has 1 heterocycles. The lowest BCUT2D eigenvalue weighted by atomic mass is 10.1. The number of hydrogen-bond acceptors (Lipinski definition) is 3. The molecule has 1 aliphatic heterocycles. The third-order valence-corrected chi connectivity index (χ3v) is 3.82. The molecule has 0 saturated carbocycles. The van der Waals surface area contributed by atoms with E-state index in [0.717, 1.165) is 24.8 Å². The molecule has 3 nitrogen and oxygen atoms in total. The zero-order valence-corrected chi connectivity index (χ0v) is 18.2. The molecule has 0 bridgehead atoms. The van der Waals surface area contributed by atoms with Crippen molar-refractivity contribution in [2.75, 3.05) is 12.4 Å². The van der Waals surface area contributed by atoms with Gasteiger partial charge in [-0.25, -0.2) is 4.39 Å². The Bertz CT molecular complexity index is 694. The number of anilines is 1. The van der Waals surface area contributed by atoms with E-state index in [9.17, 15) is 9.18 Å². The quantitative estimate of drug-likeness (QED) is 0.354. The van der Waals surface area contributed by atoms with Crippen LogP contribution in [0.2, 0.25) is 0 Å². The van der Waals surface area contributed by atoms with Crippen molar-refractivity contribution in [3.8, 4) is 0 Å². The first-order chi connectivity index (χ1) is 13.4. The first-order valence-electron chi connectivity index (χ1n) is 9.43. The molecule has 5 heteroatoms. The maximum Gasteiger partial charge on any atom is 0.151 e. The SMILES string of the molecule is C/C=C\CC.CC(Cl)/C=C/C1CC=C(C=O)C=N1.CNc1ccc(C)c(F)c1. The van der Waals surface area contributed by atoms with Crippen LogP contribution in [0.25, 0.3) is 0 Å². The normalized spacial score (nSPS) is 16.5. The predicted octanol–water partition coefficient (Wildman–Crippen LogP) is 6.29. The zero-order chi connectivity index (χ0) is 21.4. The molecular weight excluding hydrogens is 375 g/mol. The van der Waals surface area contributed by atoms with Gasteiger partial charge in [0.2, 0.25) is 0 Å². The average Bonchev–Trinajstić information content (AvgIpc) is 2.70. The maximum absolute atomic E-state index is 12.7. The molecule has 2 atom stereocenters. The van der Waals surface area contributed by atoms with E-state index in [1.807, 2.05) is 38.1 Å². The van der Waals surface area contributed by atoms with E-state index in [4.69, 9.17) is 11.6 Å². The molecular formula is C23H32ClFN2O. The highest BCUT2D eigenvalue weighted by Crippen LogP contribution is 2.12. The Labute approximate surface area is 174 Å². The van der Waals surface area contributed by atoms with Gasteiger partial charge in [0.1, 0.15) is 5.82 Å². The number of alkyl halides is 1. The molecule has 0 spiro atoms. The minimum absolute atomic E-state index is 0.0339. The first-order valence-corrected chi connectivity index (χ1v) is 9.87. The van der Waals surface area contributed by atoms with Crippen molar-refractivity contribution in [1.82, 2.24) is 0 Å². The summed E-state index contributed by atoms with van der Waals surface area (Å²) in [4.78, 5) is 14.5. The van der Waals surface area contributed by atoms with E-state index in [1.54, 1.807) is 26.3 Å². The Morgan fingerprint density at radius 3 is 2.54 bits per heavy atom. The number of carbonyl (C=O) groups excluding carboxylic acids is 1. The number of hydrogen-bond donors (Lipinski definition) is 1. The molecule has 28 heavy (non-hydrogen) atoms. The van der Waals surface area contributed by atoms with Crippen molar-refractivity contribution in [1.29, 1.82) is 0 Å². The number of benzene rings is 1. The van der Waals surface area contributed by atoms with Crippen LogP contribution in [0.4, 0.5) is 10.1 Å². The first kappa shape index (κ1) is 25.8. The van der Waals surface area contributed by atoms with Crippen LogP contribution in [-0.2, 0) is 4.79 Å². The van der Waals surface area contributed by atoms with Gasteiger partial charge in [0.25, 0.3) is 0 Å². The predicted molar refractivity (Wildman–Crippen MR) is 121 cm³/mol. The van der Waals surface area contributed by atoms with E-state index < -0.39 is 0 Å². The van der Waals surface area contributed by atoms with Crippen molar-refractivity contribution in [3.05, 3.63) is 65.5 Å².